The Kier molecular flexibility index (Phi) is 4.63. The van der Waals surface area contributed by atoms with E-state index in [1.54, 1.807) is 17.0 Å². The van der Waals surface area contributed by atoms with Crippen molar-refractivity contribution in [2.75, 3.05) is 32.7 Å². The Balaban J connectivity index is 1.30. The van der Waals surface area contributed by atoms with Crippen LogP contribution in [0.3, 0.4) is 0 Å². The highest BCUT2D eigenvalue weighted by molar-refractivity contribution is 5.28. The van der Waals surface area contributed by atoms with Crippen LogP contribution in [0.2, 0.25) is 0 Å². The zero-order valence-electron chi connectivity index (χ0n) is 14.5. The molecule has 4 rings (SSSR count). The highest BCUT2D eigenvalue weighted by atomic mass is 19.4. The van der Waals surface area contributed by atoms with Crippen molar-refractivity contribution in [3.05, 3.63) is 47.5 Å². The summed E-state index contributed by atoms with van der Waals surface area (Å²) in [5.74, 6) is 2.44. The normalized spacial score (nSPS) is 34.6. The summed E-state index contributed by atoms with van der Waals surface area (Å²) in [6, 6.07) is 6.04. The Morgan fingerprint density at radius 1 is 0.920 bits per heavy atom. The SMILES string of the molecule is FC(F)(F)c1ccccc1C[NH+]1CC[NH+](C[C@H]2C[C@@H]3C=C[C@H]2C3)CC1. The Morgan fingerprint density at radius 3 is 2.28 bits per heavy atom. The smallest absolute Gasteiger partial charge is 0.325 e. The quantitative estimate of drug-likeness (QED) is 0.754. The Labute approximate surface area is 147 Å². The first-order valence-electron chi connectivity index (χ1n) is 9.49. The van der Waals surface area contributed by atoms with Crippen molar-refractivity contribution in [2.45, 2.75) is 25.6 Å². The van der Waals surface area contributed by atoms with Gasteiger partial charge in [0.2, 0.25) is 0 Å². The van der Waals surface area contributed by atoms with E-state index in [0.717, 1.165) is 43.9 Å². The maximum absolute atomic E-state index is 13.1. The van der Waals surface area contributed by atoms with Crippen LogP contribution in [0, 0.1) is 17.8 Å². The van der Waals surface area contributed by atoms with Gasteiger partial charge in [0, 0.05) is 11.5 Å². The Bertz CT molecular complexity index is 632. The lowest BCUT2D eigenvalue weighted by Crippen LogP contribution is -3.27. The third-order valence-electron chi connectivity index (χ3n) is 6.39. The largest absolute Gasteiger partial charge is 0.416 e. The number of piperazine rings is 1. The number of hydrogen-bond donors (Lipinski definition) is 2. The van der Waals surface area contributed by atoms with Crippen LogP contribution >= 0.6 is 0 Å². The van der Waals surface area contributed by atoms with Crippen LogP contribution < -0.4 is 9.80 Å². The molecule has 5 heteroatoms. The summed E-state index contributed by atoms with van der Waals surface area (Å²) in [6.45, 7) is 5.84. The highest BCUT2D eigenvalue weighted by Gasteiger charge is 2.39. The summed E-state index contributed by atoms with van der Waals surface area (Å²) in [5.41, 5.74) is -0.0299. The first-order chi connectivity index (χ1) is 12.0. The van der Waals surface area contributed by atoms with E-state index >= 15 is 0 Å². The molecule has 2 nitrogen and oxygen atoms in total. The van der Waals surface area contributed by atoms with Crippen LogP contribution in [0.5, 0.6) is 0 Å². The third kappa shape index (κ3) is 3.77. The molecular weight excluding hydrogens is 325 g/mol. The Morgan fingerprint density at radius 2 is 1.64 bits per heavy atom. The van der Waals surface area contributed by atoms with Gasteiger partial charge in [-0.3, -0.25) is 0 Å². The van der Waals surface area contributed by atoms with Gasteiger partial charge in [0.25, 0.3) is 0 Å². The van der Waals surface area contributed by atoms with Crippen molar-refractivity contribution in [2.24, 2.45) is 17.8 Å². The monoisotopic (exact) mass is 352 g/mol. The molecule has 2 aliphatic carbocycles. The zero-order valence-corrected chi connectivity index (χ0v) is 14.5. The van der Waals surface area contributed by atoms with E-state index in [9.17, 15) is 13.2 Å². The summed E-state index contributed by atoms with van der Waals surface area (Å²) < 4.78 is 39.4. The molecule has 1 aromatic carbocycles. The van der Waals surface area contributed by atoms with Crippen LogP contribution in [-0.2, 0) is 12.7 Å². The molecule has 0 aromatic heterocycles. The average Bonchev–Trinajstić information content (AvgIpc) is 3.19. The lowest BCUT2D eigenvalue weighted by atomic mass is 9.93. The molecule has 1 aromatic rings. The second kappa shape index (κ2) is 6.76. The maximum Gasteiger partial charge on any atom is 0.416 e. The second-order valence-electron chi connectivity index (χ2n) is 8.08. The maximum atomic E-state index is 13.1. The number of quaternary nitrogens is 2. The van der Waals surface area contributed by atoms with Crippen LogP contribution in [0.4, 0.5) is 13.2 Å². The van der Waals surface area contributed by atoms with Crippen LogP contribution in [0.15, 0.2) is 36.4 Å². The fourth-order valence-electron chi connectivity index (χ4n) is 5.06. The molecule has 2 fully saturated rings. The first-order valence-corrected chi connectivity index (χ1v) is 9.49. The molecule has 25 heavy (non-hydrogen) atoms. The van der Waals surface area contributed by atoms with Crippen molar-refractivity contribution in [3.8, 4) is 0 Å². The number of nitrogens with one attached hydrogen (secondary N) is 2. The second-order valence-corrected chi connectivity index (χ2v) is 8.08. The lowest BCUT2D eigenvalue weighted by molar-refractivity contribution is -1.02. The number of rotatable bonds is 4. The molecule has 2 N–H and O–H groups in total. The van der Waals surface area contributed by atoms with E-state index in [1.165, 1.54) is 36.4 Å². The van der Waals surface area contributed by atoms with Crippen molar-refractivity contribution >= 4 is 0 Å². The van der Waals surface area contributed by atoms with E-state index in [-0.39, 0.29) is 0 Å². The summed E-state index contributed by atoms with van der Waals surface area (Å²) >= 11 is 0. The van der Waals surface area contributed by atoms with E-state index in [0.29, 0.717) is 12.1 Å². The van der Waals surface area contributed by atoms with Gasteiger partial charge >= 0.3 is 6.18 Å². The molecule has 1 saturated carbocycles. The van der Waals surface area contributed by atoms with Gasteiger partial charge in [-0.2, -0.15) is 13.2 Å². The minimum atomic E-state index is -4.25. The van der Waals surface area contributed by atoms with Crippen LogP contribution in [0.1, 0.15) is 24.0 Å². The van der Waals surface area contributed by atoms with Crippen LogP contribution in [-0.4, -0.2) is 32.7 Å². The summed E-state index contributed by atoms with van der Waals surface area (Å²) in [5, 5.41) is 0. The van der Waals surface area contributed by atoms with Gasteiger partial charge in [-0.15, -0.1) is 0 Å². The lowest BCUT2D eigenvalue weighted by Gasteiger charge is -2.32. The molecule has 1 saturated heterocycles. The fraction of sp³-hybridized carbons (Fsp3) is 0.600. The molecule has 0 spiro atoms. The van der Waals surface area contributed by atoms with Crippen LogP contribution in [0.25, 0.3) is 0 Å². The van der Waals surface area contributed by atoms with Gasteiger partial charge in [0.1, 0.15) is 32.7 Å². The van der Waals surface area contributed by atoms with E-state index in [1.807, 2.05) is 0 Å². The van der Waals surface area contributed by atoms with Crippen molar-refractivity contribution < 1.29 is 23.0 Å². The summed E-state index contributed by atoms with van der Waals surface area (Å²) in [7, 11) is 0. The minimum absolute atomic E-state index is 0.437. The molecular formula is C20H27F3N2+2. The predicted molar refractivity (Wildman–Crippen MR) is 90.3 cm³/mol. The molecule has 3 atom stereocenters. The fourth-order valence-corrected chi connectivity index (χ4v) is 5.06. The van der Waals surface area contributed by atoms with Gasteiger partial charge in [0.15, 0.2) is 0 Å². The number of benzene rings is 1. The topological polar surface area (TPSA) is 8.88 Å². The number of allylic oxidation sites excluding steroid dienone is 2. The predicted octanol–water partition coefficient (Wildman–Crippen LogP) is 1.20. The summed E-state index contributed by atoms with van der Waals surface area (Å²) in [6.07, 6.45) is 3.24. The van der Waals surface area contributed by atoms with Crippen molar-refractivity contribution in [1.82, 2.24) is 0 Å². The zero-order chi connectivity index (χ0) is 17.4. The van der Waals surface area contributed by atoms with Crippen molar-refractivity contribution in [1.29, 1.82) is 0 Å². The van der Waals surface area contributed by atoms with Crippen molar-refractivity contribution in [3.63, 3.8) is 0 Å². The first kappa shape index (κ1) is 17.1. The van der Waals surface area contributed by atoms with Gasteiger partial charge in [-0.25, -0.2) is 0 Å². The highest BCUT2D eigenvalue weighted by Crippen LogP contribution is 2.42. The molecule has 2 bridgehead atoms. The molecule has 1 heterocycles. The van der Waals surface area contributed by atoms with E-state index < -0.39 is 11.7 Å². The third-order valence-corrected chi connectivity index (χ3v) is 6.39. The average molecular weight is 352 g/mol. The van der Waals surface area contributed by atoms with E-state index in [2.05, 4.69) is 12.2 Å². The van der Waals surface area contributed by atoms with Gasteiger partial charge < -0.3 is 9.80 Å². The van der Waals surface area contributed by atoms with Gasteiger partial charge in [0.05, 0.1) is 12.1 Å². The molecule has 3 aliphatic rings. The molecule has 0 amide bonds. The van der Waals surface area contributed by atoms with Gasteiger partial charge in [-0.1, -0.05) is 30.4 Å². The minimum Gasteiger partial charge on any atom is -0.325 e. The molecule has 0 radical (unpaired) electrons. The summed E-state index contributed by atoms with van der Waals surface area (Å²) in [4.78, 5) is 2.94. The molecule has 136 valence electrons. The van der Waals surface area contributed by atoms with E-state index in [4.69, 9.17) is 0 Å². The standard InChI is InChI=1S/C20H25F3N2/c21-20(22,23)19-4-2-1-3-17(19)13-24-7-9-25(10-8-24)14-18-12-15-5-6-16(18)11-15/h1-6,15-16,18H,7-14H2/p+2/t15-,16+,18-/m1/s1. The number of fused-ring (bicyclic) bond motifs is 2. The number of hydrogen-bond acceptors (Lipinski definition) is 0. The van der Waals surface area contributed by atoms with Gasteiger partial charge in [-0.05, 0) is 30.7 Å². The number of alkyl halides is 3. The Hall–Kier alpha value is -1.33. The molecule has 0 unspecified atom stereocenters. The number of halogens is 3. The molecule has 1 aliphatic heterocycles.